The zero-order chi connectivity index (χ0) is 12.1. The van der Waals surface area contributed by atoms with Gasteiger partial charge < -0.3 is 10.4 Å². The molecule has 2 rings (SSSR count). The van der Waals surface area contributed by atoms with Crippen LogP contribution in [-0.2, 0) is 0 Å². The van der Waals surface area contributed by atoms with E-state index in [2.05, 4.69) is 17.1 Å². The van der Waals surface area contributed by atoms with Gasteiger partial charge in [-0.2, -0.15) is 0 Å². The van der Waals surface area contributed by atoms with Crippen molar-refractivity contribution < 1.29 is 5.11 Å². The number of nitrogens with zero attached hydrogens (tertiary/aromatic N) is 1. The monoisotopic (exact) mass is 240 g/mol. The van der Waals surface area contributed by atoms with Gasteiger partial charge in [-0.05, 0) is 32.7 Å². The Hall–Kier alpha value is -0.120. The molecule has 3 nitrogen and oxygen atoms in total. The maximum absolute atomic E-state index is 9.42. The van der Waals surface area contributed by atoms with Crippen molar-refractivity contribution in [1.29, 1.82) is 0 Å². The molecule has 0 spiro atoms. The molecule has 1 saturated heterocycles. The second kappa shape index (κ2) is 6.72. The van der Waals surface area contributed by atoms with Crippen molar-refractivity contribution >= 4 is 0 Å². The molecule has 1 saturated carbocycles. The Labute approximate surface area is 106 Å². The first-order chi connectivity index (χ1) is 8.29. The fourth-order valence-corrected chi connectivity index (χ4v) is 3.34. The van der Waals surface area contributed by atoms with Crippen LogP contribution in [0.5, 0.6) is 0 Å². The van der Waals surface area contributed by atoms with Gasteiger partial charge in [0, 0.05) is 24.7 Å². The van der Waals surface area contributed by atoms with Crippen LogP contribution in [0.2, 0.25) is 0 Å². The average molecular weight is 240 g/mol. The molecular weight excluding hydrogens is 212 g/mol. The average Bonchev–Trinajstić information content (AvgIpc) is 2.69. The molecule has 1 heterocycles. The Bertz CT molecular complexity index is 214. The van der Waals surface area contributed by atoms with Crippen LogP contribution in [0.25, 0.3) is 0 Å². The fraction of sp³-hybridized carbons (Fsp3) is 1.00. The molecule has 0 aromatic carbocycles. The lowest BCUT2D eigenvalue weighted by atomic mass is 10.1. The molecule has 2 atom stereocenters. The normalized spacial score (nSPS) is 34.2. The Morgan fingerprint density at radius 3 is 2.47 bits per heavy atom. The lowest BCUT2D eigenvalue weighted by molar-refractivity contribution is 0.151. The minimum atomic E-state index is 0.271. The van der Waals surface area contributed by atoms with Crippen LogP contribution < -0.4 is 5.32 Å². The predicted octanol–water partition coefficient (Wildman–Crippen LogP) is 1.75. The van der Waals surface area contributed by atoms with Crippen molar-refractivity contribution in [3.63, 3.8) is 0 Å². The van der Waals surface area contributed by atoms with E-state index in [0.717, 1.165) is 12.6 Å². The number of aliphatic hydroxyl groups excluding tert-OH is 1. The molecule has 2 unspecified atom stereocenters. The Morgan fingerprint density at radius 1 is 1.12 bits per heavy atom. The highest BCUT2D eigenvalue weighted by Crippen LogP contribution is 2.23. The molecule has 1 aliphatic heterocycles. The van der Waals surface area contributed by atoms with E-state index in [-0.39, 0.29) is 12.6 Å². The Kier molecular flexibility index (Phi) is 5.26. The van der Waals surface area contributed by atoms with E-state index >= 15 is 0 Å². The molecule has 0 aromatic rings. The van der Waals surface area contributed by atoms with Gasteiger partial charge in [0.1, 0.15) is 0 Å². The first-order valence-electron chi connectivity index (χ1n) is 7.40. The van der Waals surface area contributed by atoms with Crippen LogP contribution in [0.3, 0.4) is 0 Å². The maximum Gasteiger partial charge on any atom is 0.0597 e. The number of aliphatic hydroxyl groups is 1. The summed E-state index contributed by atoms with van der Waals surface area (Å²) in [5, 5.41) is 12.9. The molecule has 2 fully saturated rings. The SMILES string of the molecule is CC1CCN(C2CCCCCC2)CC(CO)N1. The fourth-order valence-electron chi connectivity index (χ4n) is 3.34. The summed E-state index contributed by atoms with van der Waals surface area (Å²) in [6.07, 6.45) is 9.58. The van der Waals surface area contributed by atoms with Gasteiger partial charge in [0.15, 0.2) is 0 Å². The smallest absolute Gasteiger partial charge is 0.0597 e. The predicted molar refractivity (Wildman–Crippen MR) is 71.2 cm³/mol. The summed E-state index contributed by atoms with van der Waals surface area (Å²) >= 11 is 0. The van der Waals surface area contributed by atoms with Crippen molar-refractivity contribution in [3.8, 4) is 0 Å². The van der Waals surface area contributed by atoms with Crippen molar-refractivity contribution in [3.05, 3.63) is 0 Å². The van der Waals surface area contributed by atoms with E-state index in [0.29, 0.717) is 6.04 Å². The summed E-state index contributed by atoms with van der Waals surface area (Å²) in [4.78, 5) is 2.64. The molecule has 2 aliphatic rings. The summed E-state index contributed by atoms with van der Waals surface area (Å²) in [6, 6.07) is 1.59. The second-order valence-corrected chi connectivity index (χ2v) is 5.88. The highest BCUT2D eigenvalue weighted by atomic mass is 16.3. The molecule has 0 bridgehead atoms. The minimum Gasteiger partial charge on any atom is -0.395 e. The zero-order valence-corrected chi connectivity index (χ0v) is 11.2. The Morgan fingerprint density at radius 2 is 1.82 bits per heavy atom. The van der Waals surface area contributed by atoms with E-state index in [1.807, 2.05) is 0 Å². The molecular formula is C14H28N2O. The minimum absolute atomic E-state index is 0.271. The number of hydrogen-bond acceptors (Lipinski definition) is 3. The summed E-state index contributed by atoms with van der Waals surface area (Å²) < 4.78 is 0. The van der Waals surface area contributed by atoms with Crippen LogP contribution >= 0.6 is 0 Å². The molecule has 3 heteroatoms. The standard InChI is InChI=1S/C14H28N2O/c1-12-8-9-16(10-13(11-17)15-12)14-6-4-2-3-5-7-14/h12-15,17H,2-11H2,1H3. The number of hydrogen-bond donors (Lipinski definition) is 2. The highest BCUT2D eigenvalue weighted by Gasteiger charge is 2.26. The third kappa shape index (κ3) is 3.94. The van der Waals surface area contributed by atoms with E-state index in [9.17, 15) is 5.11 Å². The molecule has 0 radical (unpaired) electrons. The van der Waals surface area contributed by atoms with Crippen LogP contribution in [-0.4, -0.2) is 47.8 Å². The number of rotatable bonds is 2. The summed E-state index contributed by atoms with van der Waals surface area (Å²) in [5.41, 5.74) is 0. The quantitative estimate of drug-likeness (QED) is 0.722. The van der Waals surface area contributed by atoms with Gasteiger partial charge in [-0.25, -0.2) is 0 Å². The molecule has 0 aromatic heterocycles. The lowest BCUT2D eigenvalue weighted by Crippen LogP contribution is -2.45. The largest absolute Gasteiger partial charge is 0.395 e. The van der Waals surface area contributed by atoms with Crippen LogP contribution in [0, 0.1) is 0 Å². The van der Waals surface area contributed by atoms with E-state index < -0.39 is 0 Å². The van der Waals surface area contributed by atoms with Crippen LogP contribution in [0.4, 0.5) is 0 Å². The van der Waals surface area contributed by atoms with Gasteiger partial charge in [0.2, 0.25) is 0 Å². The maximum atomic E-state index is 9.42. The van der Waals surface area contributed by atoms with Crippen molar-refractivity contribution in [2.24, 2.45) is 0 Å². The van der Waals surface area contributed by atoms with Gasteiger partial charge in [0.25, 0.3) is 0 Å². The van der Waals surface area contributed by atoms with Crippen molar-refractivity contribution in [1.82, 2.24) is 10.2 Å². The van der Waals surface area contributed by atoms with E-state index in [1.54, 1.807) is 0 Å². The van der Waals surface area contributed by atoms with E-state index in [1.165, 1.54) is 51.5 Å². The summed E-state index contributed by atoms with van der Waals surface area (Å²) in [5.74, 6) is 0. The van der Waals surface area contributed by atoms with Gasteiger partial charge in [-0.3, -0.25) is 4.90 Å². The topological polar surface area (TPSA) is 35.5 Å². The van der Waals surface area contributed by atoms with Crippen LogP contribution in [0.1, 0.15) is 51.9 Å². The van der Waals surface area contributed by atoms with Gasteiger partial charge in [-0.1, -0.05) is 25.7 Å². The second-order valence-electron chi connectivity index (χ2n) is 5.88. The summed E-state index contributed by atoms with van der Waals surface area (Å²) in [6.45, 7) is 4.74. The van der Waals surface area contributed by atoms with Gasteiger partial charge in [0.05, 0.1) is 6.61 Å². The van der Waals surface area contributed by atoms with E-state index in [4.69, 9.17) is 0 Å². The highest BCUT2D eigenvalue weighted by molar-refractivity contribution is 4.84. The third-order valence-corrected chi connectivity index (χ3v) is 4.39. The molecule has 1 aliphatic carbocycles. The zero-order valence-electron chi connectivity index (χ0n) is 11.2. The molecule has 2 N–H and O–H groups in total. The first kappa shape index (κ1) is 13.3. The van der Waals surface area contributed by atoms with Crippen molar-refractivity contribution in [2.45, 2.75) is 70.0 Å². The van der Waals surface area contributed by atoms with Gasteiger partial charge >= 0.3 is 0 Å². The molecule has 100 valence electrons. The molecule has 17 heavy (non-hydrogen) atoms. The number of nitrogens with one attached hydrogen (secondary N) is 1. The lowest BCUT2D eigenvalue weighted by Gasteiger charge is -2.31. The Balaban J connectivity index is 1.93. The van der Waals surface area contributed by atoms with Gasteiger partial charge in [-0.15, -0.1) is 0 Å². The third-order valence-electron chi connectivity index (χ3n) is 4.39. The van der Waals surface area contributed by atoms with Crippen LogP contribution in [0.15, 0.2) is 0 Å². The summed E-state index contributed by atoms with van der Waals surface area (Å²) in [7, 11) is 0. The molecule has 0 amide bonds. The van der Waals surface area contributed by atoms with Crippen molar-refractivity contribution in [2.75, 3.05) is 19.7 Å². The first-order valence-corrected chi connectivity index (χ1v) is 7.40.